The number of Topliss-reactive ketones (excluding diaryl/α,β-unsaturated/α-hetero) is 1. The second kappa shape index (κ2) is 9.52. The van der Waals surface area contributed by atoms with Gasteiger partial charge in [-0.2, -0.15) is 0 Å². The lowest BCUT2D eigenvalue weighted by molar-refractivity contribution is -0.151. The van der Waals surface area contributed by atoms with Crippen molar-refractivity contribution in [1.29, 1.82) is 0 Å². The Bertz CT molecular complexity index is 1350. The van der Waals surface area contributed by atoms with Crippen molar-refractivity contribution in [3.8, 4) is 0 Å². The lowest BCUT2D eigenvalue weighted by atomic mass is 9.69. The molecule has 1 aliphatic carbocycles. The van der Waals surface area contributed by atoms with Crippen molar-refractivity contribution in [1.82, 2.24) is 5.32 Å². The Morgan fingerprint density at radius 3 is 2.63 bits per heavy atom. The van der Waals surface area contributed by atoms with Crippen molar-refractivity contribution in [3.05, 3.63) is 68.4 Å². The maximum absolute atomic E-state index is 13.8. The highest BCUT2D eigenvalue weighted by atomic mass is 16.5. The maximum atomic E-state index is 13.8. The summed E-state index contributed by atoms with van der Waals surface area (Å²) in [6.07, 6.45) is 2.30. The molecule has 4 rings (SSSR count). The molecule has 8 nitrogen and oxygen atoms in total. The third-order valence-electron chi connectivity index (χ3n) is 6.67. The van der Waals surface area contributed by atoms with Crippen molar-refractivity contribution < 1.29 is 28.3 Å². The second-order valence-corrected chi connectivity index (χ2v) is 9.19. The average Bonchev–Trinajstić information content (AvgIpc) is 2.82. The van der Waals surface area contributed by atoms with E-state index in [9.17, 15) is 19.2 Å². The zero-order valence-corrected chi connectivity index (χ0v) is 20.5. The summed E-state index contributed by atoms with van der Waals surface area (Å²) in [7, 11) is 1.24. The number of fused-ring (bicyclic) bond motifs is 1. The molecule has 2 aromatic rings. The van der Waals surface area contributed by atoms with Gasteiger partial charge in [-0.3, -0.25) is 14.4 Å². The Balaban J connectivity index is 1.97. The Labute approximate surface area is 203 Å². The van der Waals surface area contributed by atoms with Gasteiger partial charge in [-0.15, -0.1) is 0 Å². The number of benzene rings is 1. The summed E-state index contributed by atoms with van der Waals surface area (Å²) in [6, 6.07) is 5.26. The van der Waals surface area contributed by atoms with E-state index < -0.39 is 29.6 Å². The quantitative estimate of drug-likeness (QED) is 0.511. The number of rotatable bonds is 5. The first-order chi connectivity index (χ1) is 16.7. The fraction of sp³-hybridized carbons (Fsp3) is 0.407. The summed E-state index contributed by atoms with van der Waals surface area (Å²) in [6.45, 7) is 7.45. The molecule has 0 amide bonds. The van der Waals surface area contributed by atoms with Crippen molar-refractivity contribution in [2.24, 2.45) is 11.8 Å². The van der Waals surface area contributed by atoms with Gasteiger partial charge in [-0.05, 0) is 44.7 Å². The van der Waals surface area contributed by atoms with E-state index in [4.69, 9.17) is 13.9 Å². The van der Waals surface area contributed by atoms with E-state index >= 15 is 0 Å². The van der Waals surface area contributed by atoms with Crippen LogP contribution in [0.4, 0.5) is 0 Å². The minimum atomic E-state index is -1.04. The van der Waals surface area contributed by atoms with Gasteiger partial charge in [-0.25, -0.2) is 4.79 Å². The van der Waals surface area contributed by atoms with Crippen LogP contribution >= 0.6 is 0 Å². The number of methoxy groups -OCH3 is 1. The summed E-state index contributed by atoms with van der Waals surface area (Å²) in [4.78, 5) is 53.2. The van der Waals surface area contributed by atoms with Crippen LogP contribution < -0.4 is 10.7 Å². The molecule has 0 fully saturated rings. The Morgan fingerprint density at radius 2 is 1.94 bits per heavy atom. The smallest absolute Gasteiger partial charge is 0.336 e. The largest absolute Gasteiger partial charge is 0.468 e. The molecule has 35 heavy (non-hydrogen) atoms. The van der Waals surface area contributed by atoms with Crippen LogP contribution in [0.2, 0.25) is 0 Å². The first-order valence-electron chi connectivity index (χ1n) is 11.7. The lowest BCUT2D eigenvalue weighted by Crippen LogP contribution is -2.44. The minimum Gasteiger partial charge on any atom is -0.468 e. The van der Waals surface area contributed by atoms with Gasteiger partial charge in [0.25, 0.3) is 0 Å². The molecule has 0 saturated heterocycles. The van der Waals surface area contributed by atoms with E-state index in [0.717, 1.165) is 5.56 Å². The van der Waals surface area contributed by atoms with Gasteiger partial charge in [0, 0.05) is 22.5 Å². The van der Waals surface area contributed by atoms with Crippen LogP contribution in [0.1, 0.15) is 50.7 Å². The lowest BCUT2D eigenvalue weighted by Gasteiger charge is -2.37. The summed E-state index contributed by atoms with van der Waals surface area (Å²) >= 11 is 0. The zero-order chi connectivity index (χ0) is 25.4. The number of ether oxygens (including phenoxy) is 2. The third kappa shape index (κ3) is 4.17. The predicted octanol–water partition coefficient (Wildman–Crippen LogP) is 3.67. The number of aryl methyl sites for hydroxylation is 1. The first-order valence-corrected chi connectivity index (χ1v) is 11.7. The van der Waals surface area contributed by atoms with Crippen molar-refractivity contribution in [3.63, 3.8) is 0 Å². The van der Waals surface area contributed by atoms with E-state index in [1.54, 1.807) is 26.0 Å². The van der Waals surface area contributed by atoms with Crippen LogP contribution in [0.3, 0.4) is 0 Å². The number of ketones is 1. The standard InChI is InChI=1S/C27H29NO7/c1-6-9-34-27(32)21-15(4)28-18-11-14(3)20(26(31)33-5)25(30)23(18)22(21)17-12-35-19-8-7-13(2)10-16(19)24(17)29/h7-8,10,12,14,20,22,28H,6,9,11H2,1-5H3/t14-,20+,22+/m0/s1. The molecule has 3 atom stereocenters. The average molecular weight is 480 g/mol. The summed E-state index contributed by atoms with van der Waals surface area (Å²) in [5.74, 6) is -4.14. The molecule has 1 aromatic carbocycles. The van der Waals surface area contributed by atoms with E-state index in [0.29, 0.717) is 35.2 Å². The van der Waals surface area contributed by atoms with Gasteiger partial charge in [-0.1, -0.05) is 25.5 Å². The molecule has 0 bridgehead atoms. The fourth-order valence-corrected chi connectivity index (χ4v) is 4.99. The van der Waals surface area contributed by atoms with E-state index in [1.807, 2.05) is 19.9 Å². The number of allylic oxidation sites excluding steroid dienone is 3. The number of dihydropyridines is 1. The number of esters is 2. The molecule has 8 heteroatoms. The van der Waals surface area contributed by atoms with Crippen LogP contribution in [0, 0.1) is 18.8 Å². The van der Waals surface area contributed by atoms with Crippen LogP contribution in [0.5, 0.6) is 0 Å². The molecule has 184 valence electrons. The number of hydrogen-bond donors (Lipinski definition) is 1. The van der Waals surface area contributed by atoms with Gasteiger partial charge < -0.3 is 19.2 Å². The summed E-state index contributed by atoms with van der Waals surface area (Å²) in [5.41, 5.74) is 2.51. The van der Waals surface area contributed by atoms with Gasteiger partial charge >= 0.3 is 11.9 Å². The van der Waals surface area contributed by atoms with Crippen LogP contribution in [-0.2, 0) is 23.9 Å². The van der Waals surface area contributed by atoms with Crippen LogP contribution in [0.25, 0.3) is 11.0 Å². The van der Waals surface area contributed by atoms with Crippen molar-refractivity contribution in [2.45, 2.75) is 46.5 Å². The molecule has 2 aliphatic rings. The monoisotopic (exact) mass is 479 g/mol. The van der Waals surface area contributed by atoms with E-state index in [1.165, 1.54) is 13.4 Å². The highest BCUT2D eigenvalue weighted by molar-refractivity contribution is 6.12. The topological polar surface area (TPSA) is 112 Å². The van der Waals surface area contributed by atoms with Crippen molar-refractivity contribution in [2.75, 3.05) is 13.7 Å². The molecule has 0 saturated carbocycles. The Hall–Kier alpha value is -3.68. The third-order valence-corrected chi connectivity index (χ3v) is 6.67. The first kappa shape index (κ1) is 24.4. The van der Waals surface area contributed by atoms with Gasteiger partial charge in [0.1, 0.15) is 11.5 Å². The molecule has 0 unspecified atom stereocenters. The van der Waals surface area contributed by atoms with E-state index in [-0.39, 0.29) is 34.7 Å². The molecule has 0 radical (unpaired) electrons. The second-order valence-electron chi connectivity index (χ2n) is 9.19. The molecule has 1 aliphatic heterocycles. The number of hydrogen-bond acceptors (Lipinski definition) is 8. The van der Waals surface area contributed by atoms with Gasteiger partial charge in [0.2, 0.25) is 0 Å². The molecule has 1 aromatic heterocycles. The van der Waals surface area contributed by atoms with Crippen molar-refractivity contribution >= 4 is 28.7 Å². The molecular weight excluding hydrogens is 450 g/mol. The SMILES string of the molecule is CCCOC(=O)C1=C(C)NC2=C(C(=O)[C@H](C(=O)OC)[C@@H](C)C2)[C@@H]1c1coc2ccc(C)cc2c1=O. The van der Waals surface area contributed by atoms with Gasteiger partial charge in [0.15, 0.2) is 11.2 Å². The molecule has 1 N–H and O–H groups in total. The number of carbonyl (C=O) groups excluding carboxylic acids is 3. The molecule has 2 heterocycles. The minimum absolute atomic E-state index is 0.145. The Morgan fingerprint density at radius 1 is 1.20 bits per heavy atom. The Kier molecular flexibility index (Phi) is 6.65. The fourth-order valence-electron chi connectivity index (χ4n) is 4.99. The summed E-state index contributed by atoms with van der Waals surface area (Å²) < 4.78 is 16.1. The highest BCUT2D eigenvalue weighted by Crippen LogP contribution is 2.45. The van der Waals surface area contributed by atoms with Crippen LogP contribution in [-0.4, -0.2) is 31.4 Å². The zero-order valence-electron chi connectivity index (χ0n) is 20.5. The van der Waals surface area contributed by atoms with E-state index in [2.05, 4.69) is 5.32 Å². The maximum Gasteiger partial charge on any atom is 0.336 e. The van der Waals surface area contributed by atoms with Crippen LogP contribution in [0.15, 0.2) is 56.2 Å². The number of carbonyl (C=O) groups is 3. The predicted molar refractivity (Wildman–Crippen MR) is 128 cm³/mol. The molecular formula is C27H29NO7. The number of nitrogens with one attached hydrogen (secondary N) is 1. The normalized spacial score (nSPS) is 22.1. The highest BCUT2D eigenvalue weighted by Gasteiger charge is 2.48. The molecule has 0 spiro atoms. The summed E-state index contributed by atoms with van der Waals surface area (Å²) in [5, 5.41) is 3.53. The van der Waals surface area contributed by atoms with Gasteiger partial charge in [0.05, 0.1) is 36.9 Å².